The zero-order valence-electron chi connectivity index (χ0n) is 13.2. The van der Waals surface area contributed by atoms with Gasteiger partial charge in [0.25, 0.3) is 0 Å². The Morgan fingerprint density at radius 2 is 1.81 bits per heavy atom. The maximum Gasteiger partial charge on any atom is 0.243 e. The van der Waals surface area contributed by atoms with Crippen molar-refractivity contribution in [3.63, 3.8) is 0 Å². The average molecular weight is 317 g/mol. The van der Waals surface area contributed by atoms with E-state index in [0.717, 1.165) is 44.8 Å². The first kappa shape index (κ1) is 16.7. The normalized spacial score (nSPS) is 31.4. The Morgan fingerprint density at radius 3 is 2.33 bits per heavy atom. The Morgan fingerprint density at radius 1 is 1.14 bits per heavy atom. The standard InChI is InChI=1S/C15H27NO4S/c1-15(2,21(3,19)20)14(18)16-10-5-4-8-12(16)11-7-6-9-13(11)17/h11-13,17H,4-10H2,1-3H3. The lowest BCUT2D eigenvalue weighted by atomic mass is 9.87. The molecule has 3 atom stereocenters. The van der Waals surface area contributed by atoms with Crippen LogP contribution in [0, 0.1) is 5.92 Å². The topological polar surface area (TPSA) is 74.7 Å². The van der Waals surface area contributed by atoms with Crippen LogP contribution in [0.4, 0.5) is 0 Å². The van der Waals surface area contributed by atoms with Gasteiger partial charge in [0.1, 0.15) is 4.75 Å². The van der Waals surface area contributed by atoms with Crippen molar-refractivity contribution in [1.82, 2.24) is 4.90 Å². The molecule has 0 spiro atoms. The van der Waals surface area contributed by atoms with E-state index in [4.69, 9.17) is 0 Å². The predicted molar refractivity (Wildman–Crippen MR) is 81.6 cm³/mol. The van der Waals surface area contributed by atoms with Crippen molar-refractivity contribution in [1.29, 1.82) is 0 Å². The largest absolute Gasteiger partial charge is 0.393 e. The number of nitrogens with zero attached hydrogens (tertiary/aromatic N) is 1. The van der Waals surface area contributed by atoms with Crippen molar-refractivity contribution in [2.24, 2.45) is 5.92 Å². The maximum absolute atomic E-state index is 12.8. The smallest absolute Gasteiger partial charge is 0.243 e. The highest BCUT2D eigenvalue weighted by Gasteiger charge is 2.46. The van der Waals surface area contributed by atoms with E-state index >= 15 is 0 Å². The van der Waals surface area contributed by atoms with Crippen LogP contribution < -0.4 is 0 Å². The van der Waals surface area contributed by atoms with Gasteiger partial charge in [0.15, 0.2) is 9.84 Å². The molecule has 0 bridgehead atoms. The summed E-state index contributed by atoms with van der Waals surface area (Å²) in [5.74, 6) is -0.210. The van der Waals surface area contributed by atoms with E-state index in [1.54, 1.807) is 4.90 Å². The summed E-state index contributed by atoms with van der Waals surface area (Å²) in [7, 11) is -3.47. The molecule has 0 aromatic rings. The average Bonchev–Trinajstić information content (AvgIpc) is 2.82. The van der Waals surface area contributed by atoms with Crippen molar-refractivity contribution in [2.45, 2.75) is 69.3 Å². The number of sulfone groups is 1. The first-order valence-corrected chi connectivity index (χ1v) is 9.74. The summed E-state index contributed by atoms with van der Waals surface area (Å²) >= 11 is 0. The Bertz CT molecular complexity index is 500. The Hall–Kier alpha value is -0.620. The summed E-state index contributed by atoms with van der Waals surface area (Å²) < 4.78 is 22.5. The molecule has 1 aliphatic carbocycles. The number of aliphatic hydroxyl groups is 1. The molecule has 1 aliphatic heterocycles. The van der Waals surface area contributed by atoms with Gasteiger partial charge in [-0.25, -0.2) is 8.42 Å². The van der Waals surface area contributed by atoms with Gasteiger partial charge in [-0.15, -0.1) is 0 Å². The first-order valence-electron chi connectivity index (χ1n) is 7.85. The van der Waals surface area contributed by atoms with Gasteiger partial charge in [-0.2, -0.15) is 0 Å². The van der Waals surface area contributed by atoms with E-state index in [-0.39, 0.29) is 24.0 Å². The predicted octanol–water partition coefficient (Wildman–Crippen LogP) is 1.35. The first-order chi connectivity index (χ1) is 9.66. The molecular weight excluding hydrogens is 290 g/mol. The van der Waals surface area contributed by atoms with Gasteiger partial charge in [0.2, 0.25) is 5.91 Å². The number of amides is 1. The van der Waals surface area contributed by atoms with Gasteiger partial charge in [-0.05, 0) is 46.0 Å². The number of hydrogen-bond acceptors (Lipinski definition) is 4. The van der Waals surface area contributed by atoms with Crippen molar-refractivity contribution in [3.8, 4) is 0 Å². The third kappa shape index (κ3) is 3.11. The highest BCUT2D eigenvalue weighted by atomic mass is 32.2. The summed E-state index contributed by atoms with van der Waals surface area (Å²) in [5.41, 5.74) is 0. The molecule has 3 unspecified atom stereocenters. The third-order valence-electron chi connectivity index (χ3n) is 5.28. The van der Waals surface area contributed by atoms with Crippen molar-refractivity contribution in [3.05, 3.63) is 0 Å². The van der Waals surface area contributed by atoms with E-state index in [1.807, 2.05) is 0 Å². The Labute approximate surface area is 127 Å². The van der Waals surface area contributed by atoms with Crippen LogP contribution in [0.3, 0.4) is 0 Å². The van der Waals surface area contributed by atoms with Crippen LogP contribution in [-0.2, 0) is 14.6 Å². The van der Waals surface area contributed by atoms with Crippen LogP contribution in [0.25, 0.3) is 0 Å². The number of rotatable bonds is 3. The van der Waals surface area contributed by atoms with Crippen LogP contribution in [0.15, 0.2) is 0 Å². The van der Waals surface area contributed by atoms with E-state index in [1.165, 1.54) is 13.8 Å². The van der Waals surface area contributed by atoms with Gasteiger partial charge < -0.3 is 10.0 Å². The molecule has 1 saturated carbocycles. The molecule has 1 saturated heterocycles. The molecule has 0 aromatic carbocycles. The van der Waals surface area contributed by atoms with Gasteiger partial charge in [-0.3, -0.25) is 4.79 Å². The van der Waals surface area contributed by atoms with Gasteiger partial charge >= 0.3 is 0 Å². The minimum Gasteiger partial charge on any atom is -0.393 e. The molecule has 122 valence electrons. The number of piperidine rings is 1. The number of carbonyl (C=O) groups is 1. The van der Waals surface area contributed by atoms with Crippen LogP contribution in [0.2, 0.25) is 0 Å². The molecular formula is C15H27NO4S. The molecule has 1 amide bonds. The summed E-state index contributed by atoms with van der Waals surface area (Å²) in [6.07, 6.45) is 6.28. The summed E-state index contributed by atoms with van der Waals surface area (Å²) in [4.78, 5) is 14.5. The van der Waals surface area contributed by atoms with Crippen molar-refractivity contribution < 1.29 is 18.3 Å². The minimum absolute atomic E-state index is 0.00947. The molecule has 6 heteroatoms. The van der Waals surface area contributed by atoms with Crippen LogP contribution >= 0.6 is 0 Å². The zero-order valence-corrected chi connectivity index (χ0v) is 14.0. The van der Waals surface area contributed by atoms with E-state index < -0.39 is 14.6 Å². The molecule has 1 heterocycles. The van der Waals surface area contributed by atoms with Crippen LogP contribution in [-0.4, -0.2) is 54.0 Å². The summed E-state index contributed by atoms with van der Waals surface area (Å²) in [6.45, 7) is 3.58. The second kappa shape index (κ2) is 5.88. The minimum atomic E-state index is -3.47. The van der Waals surface area contributed by atoms with Crippen molar-refractivity contribution in [2.75, 3.05) is 12.8 Å². The molecule has 5 nitrogen and oxygen atoms in total. The maximum atomic E-state index is 12.8. The lowest BCUT2D eigenvalue weighted by molar-refractivity contribution is -0.139. The number of likely N-dealkylation sites (tertiary alicyclic amines) is 1. The lowest BCUT2D eigenvalue weighted by Crippen LogP contribution is -2.57. The molecule has 1 N–H and O–H groups in total. The third-order valence-corrected chi connectivity index (χ3v) is 7.31. The molecule has 2 fully saturated rings. The highest BCUT2D eigenvalue weighted by Crippen LogP contribution is 2.36. The quantitative estimate of drug-likeness (QED) is 0.852. The van der Waals surface area contributed by atoms with Crippen LogP contribution in [0.5, 0.6) is 0 Å². The second-order valence-electron chi connectivity index (χ2n) is 7.01. The lowest BCUT2D eigenvalue weighted by Gasteiger charge is -2.43. The molecule has 2 rings (SSSR count). The van der Waals surface area contributed by atoms with Crippen molar-refractivity contribution >= 4 is 15.7 Å². The molecule has 21 heavy (non-hydrogen) atoms. The SMILES string of the molecule is CC(C)(C(=O)N1CCCCC1C1CCCC1O)S(C)(=O)=O. The fourth-order valence-corrected chi connectivity index (χ4v) is 4.01. The van der Waals surface area contributed by atoms with Gasteiger partial charge in [0.05, 0.1) is 6.10 Å². The van der Waals surface area contributed by atoms with E-state index in [2.05, 4.69) is 0 Å². The second-order valence-corrected chi connectivity index (χ2v) is 9.57. The summed E-state index contributed by atoms with van der Waals surface area (Å²) in [5, 5.41) is 10.1. The van der Waals surface area contributed by atoms with Gasteiger partial charge in [0, 0.05) is 24.8 Å². The molecule has 0 aromatic heterocycles. The van der Waals surface area contributed by atoms with Crippen LogP contribution in [0.1, 0.15) is 52.4 Å². The number of aliphatic hydroxyl groups excluding tert-OH is 1. The Balaban J connectivity index is 2.25. The van der Waals surface area contributed by atoms with E-state index in [9.17, 15) is 18.3 Å². The van der Waals surface area contributed by atoms with E-state index in [0.29, 0.717) is 6.54 Å². The molecule has 0 radical (unpaired) electrons. The number of hydrogen-bond donors (Lipinski definition) is 1. The Kier molecular flexibility index (Phi) is 4.69. The summed E-state index contributed by atoms with van der Waals surface area (Å²) in [6, 6.07) is -0.00947. The highest BCUT2D eigenvalue weighted by molar-refractivity contribution is 7.92. The van der Waals surface area contributed by atoms with Gasteiger partial charge in [-0.1, -0.05) is 6.42 Å². The zero-order chi connectivity index (χ0) is 15.8. The fraction of sp³-hybridized carbons (Fsp3) is 0.933. The monoisotopic (exact) mass is 317 g/mol. The fourth-order valence-electron chi connectivity index (χ4n) is 3.58. The number of carbonyl (C=O) groups excluding carboxylic acids is 1. The molecule has 2 aliphatic rings.